The fourth-order valence-corrected chi connectivity index (χ4v) is 4.75. The molecule has 1 heterocycles. The molecule has 0 saturated heterocycles. The Morgan fingerprint density at radius 1 is 0.857 bits per heavy atom. The first-order valence-corrected chi connectivity index (χ1v) is 10.5. The summed E-state index contributed by atoms with van der Waals surface area (Å²) >= 11 is 1.61. The van der Waals surface area contributed by atoms with Gasteiger partial charge in [0.1, 0.15) is 0 Å². The number of hydrogen-bond donors (Lipinski definition) is 0. The predicted molar refractivity (Wildman–Crippen MR) is 119 cm³/mol. The predicted octanol–water partition coefficient (Wildman–Crippen LogP) is 6.70. The lowest BCUT2D eigenvalue weighted by Crippen LogP contribution is -2.30. The number of rotatable bonds is 6. The molecule has 3 heteroatoms. The van der Waals surface area contributed by atoms with Crippen LogP contribution in [0.15, 0.2) is 84.9 Å². The summed E-state index contributed by atoms with van der Waals surface area (Å²) in [5.74, 6) is 0.0831. The quantitative estimate of drug-likeness (QED) is 0.361. The van der Waals surface area contributed by atoms with E-state index in [2.05, 4.69) is 37.3 Å². The molecule has 0 saturated carbocycles. The molecule has 1 amide bonds. The highest BCUT2D eigenvalue weighted by molar-refractivity contribution is 7.21. The van der Waals surface area contributed by atoms with Crippen LogP contribution in [0.25, 0.3) is 10.1 Å². The number of nitrogens with zero attached hydrogens (tertiary/aromatic N) is 1. The highest BCUT2D eigenvalue weighted by atomic mass is 32.1. The molecule has 0 spiro atoms. The van der Waals surface area contributed by atoms with Gasteiger partial charge >= 0.3 is 0 Å². The Morgan fingerprint density at radius 3 is 2.21 bits per heavy atom. The van der Waals surface area contributed by atoms with Crippen LogP contribution >= 0.6 is 11.3 Å². The van der Waals surface area contributed by atoms with Crippen LogP contribution in [0.1, 0.15) is 34.1 Å². The lowest BCUT2D eigenvalue weighted by molar-refractivity contribution is 0.0988. The van der Waals surface area contributed by atoms with Crippen molar-refractivity contribution >= 4 is 33.0 Å². The summed E-state index contributed by atoms with van der Waals surface area (Å²) in [6.45, 7) is 2.73. The van der Waals surface area contributed by atoms with E-state index in [1.54, 1.807) is 11.3 Å². The summed E-state index contributed by atoms with van der Waals surface area (Å²) in [5, 5.41) is 1.21. The number of amides is 1. The zero-order valence-electron chi connectivity index (χ0n) is 16.0. The molecule has 4 rings (SSSR count). The van der Waals surface area contributed by atoms with Crippen LogP contribution < -0.4 is 4.90 Å². The van der Waals surface area contributed by atoms with E-state index in [-0.39, 0.29) is 5.91 Å². The number of thiophene rings is 1. The van der Waals surface area contributed by atoms with E-state index in [0.29, 0.717) is 6.54 Å². The van der Waals surface area contributed by atoms with Crippen LogP contribution in [-0.4, -0.2) is 5.91 Å². The first-order valence-electron chi connectivity index (χ1n) is 9.69. The number of anilines is 1. The second-order valence-electron chi connectivity index (χ2n) is 6.87. The Balaban J connectivity index is 1.79. The first-order chi connectivity index (χ1) is 13.8. The Labute approximate surface area is 170 Å². The molecule has 0 aliphatic rings. The third-order valence-corrected chi connectivity index (χ3v) is 6.09. The third-order valence-electron chi connectivity index (χ3n) is 4.89. The summed E-state index contributed by atoms with van der Waals surface area (Å²) in [4.78, 5) is 16.5. The van der Waals surface area contributed by atoms with Gasteiger partial charge in [0.2, 0.25) is 0 Å². The molecule has 0 aliphatic heterocycles. The normalized spacial score (nSPS) is 10.9. The summed E-state index contributed by atoms with van der Waals surface area (Å²) in [6.07, 6.45) is 1.93. The van der Waals surface area contributed by atoms with E-state index in [9.17, 15) is 4.79 Å². The highest BCUT2D eigenvalue weighted by Gasteiger charge is 2.24. The van der Waals surface area contributed by atoms with E-state index in [1.807, 2.05) is 59.5 Å². The molecule has 2 nitrogen and oxygen atoms in total. The molecule has 0 fully saturated rings. The van der Waals surface area contributed by atoms with E-state index in [1.165, 1.54) is 15.6 Å². The van der Waals surface area contributed by atoms with Gasteiger partial charge in [0, 0.05) is 10.4 Å². The maximum atomic E-state index is 13.8. The fraction of sp³-hybridized carbons (Fsp3) is 0.160. The van der Waals surface area contributed by atoms with Crippen molar-refractivity contribution in [1.82, 2.24) is 0 Å². The zero-order valence-corrected chi connectivity index (χ0v) is 16.8. The average Bonchev–Trinajstić information content (AvgIpc) is 3.12. The summed E-state index contributed by atoms with van der Waals surface area (Å²) < 4.78 is 1.18. The van der Waals surface area contributed by atoms with Crippen LogP contribution in [0, 0.1) is 0 Å². The van der Waals surface area contributed by atoms with Crippen molar-refractivity contribution in [1.29, 1.82) is 0 Å². The van der Waals surface area contributed by atoms with Gasteiger partial charge in [-0.05, 0) is 41.1 Å². The molecule has 3 aromatic carbocycles. The largest absolute Gasteiger partial charge is 0.303 e. The van der Waals surface area contributed by atoms with Gasteiger partial charge in [-0.3, -0.25) is 4.79 Å². The molecule has 0 bridgehead atoms. The smallest absolute Gasteiger partial charge is 0.268 e. The monoisotopic (exact) mass is 385 g/mol. The van der Waals surface area contributed by atoms with Crippen LogP contribution in [0.2, 0.25) is 0 Å². The van der Waals surface area contributed by atoms with E-state index in [4.69, 9.17) is 0 Å². The molecule has 4 aromatic rings. The van der Waals surface area contributed by atoms with Crippen molar-refractivity contribution in [2.24, 2.45) is 0 Å². The molecule has 0 unspecified atom stereocenters. The lowest BCUT2D eigenvalue weighted by Gasteiger charge is -2.23. The minimum absolute atomic E-state index is 0.0831. The minimum Gasteiger partial charge on any atom is -0.303 e. The maximum Gasteiger partial charge on any atom is 0.268 e. The average molecular weight is 386 g/mol. The van der Waals surface area contributed by atoms with Crippen molar-refractivity contribution in [2.75, 3.05) is 4.90 Å². The molecule has 0 aliphatic carbocycles. The Kier molecular flexibility index (Phi) is 5.54. The van der Waals surface area contributed by atoms with Crippen molar-refractivity contribution in [3.63, 3.8) is 0 Å². The van der Waals surface area contributed by atoms with E-state index >= 15 is 0 Å². The molecule has 28 heavy (non-hydrogen) atoms. The fourth-order valence-electron chi connectivity index (χ4n) is 3.55. The summed E-state index contributed by atoms with van der Waals surface area (Å²) in [5.41, 5.74) is 3.23. The third kappa shape index (κ3) is 3.71. The Bertz CT molecular complexity index is 1070. The molecule has 0 atom stereocenters. The molecule has 140 valence electrons. The van der Waals surface area contributed by atoms with Crippen molar-refractivity contribution < 1.29 is 4.79 Å². The number of para-hydroxylation sites is 1. The first kappa shape index (κ1) is 18.5. The lowest BCUT2D eigenvalue weighted by atomic mass is 10.0. The number of carbonyl (C=O) groups excluding carboxylic acids is 1. The van der Waals surface area contributed by atoms with Gasteiger partial charge in [0.15, 0.2) is 0 Å². The van der Waals surface area contributed by atoms with Gasteiger partial charge in [-0.25, -0.2) is 0 Å². The second kappa shape index (κ2) is 8.41. The number of benzene rings is 3. The van der Waals surface area contributed by atoms with Crippen LogP contribution in [-0.2, 0) is 13.0 Å². The standard InChI is InChI=1S/C25H23NOS/c1-2-11-22-21-16-9-10-17-23(21)28-24(22)25(27)26(20-14-7-4-8-15-20)18-19-12-5-3-6-13-19/h3-10,12-17H,2,11,18H2,1H3. The van der Waals surface area contributed by atoms with Gasteiger partial charge in [-0.1, -0.05) is 80.1 Å². The maximum absolute atomic E-state index is 13.8. The number of aryl methyl sites for hydroxylation is 1. The highest BCUT2D eigenvalue weighted by Crippen LogP contribution is 2.34. The number of fused-ring (bicyclic) bond motifs is 1. The second-order valence-corrected chi connectivity index (χ2v) is 7.92. The van der Waals surface area contributed by atoms with Crippen LogP contribution in [0.3, 0.4) is 0 Å². The van der Waals surface area contributed by atoms with E-state index < -0.39 is 0 Å². The van der Waals surface area contributed by atoms with Gasteiger partial charge in [-0.2, -0.15) is 0 Å². The summed E-state index contributed by atoms with van der Waals surface area (Å²) in [6, 6.07) is 28.5. The molecular formula is C25H23NOS. The van der Waals surface area contributed by atoms with Crippen molar-refractivity contribution in [2.45, 2.75) is 26.3 Å². The van der Waals surface area contributed by atoms with Gasteiger partial charge in [0.25, 0.3) is 5.91 Å². The van der Waals surface area contributed by atoms with Gasteiger partial charge in [-0.15, -0.1) is 11.3 Å². The van der Waals surface area contributed by atoms with E-state index in [0.717, 1.165) is 29.0 Å². The number of carbonyl (C=O) groups is 1. The molecule has 0 radical (unpaired) electrons. The topological polar surface area (TPSA) is 20.3 Å². The van der Waals surface area contributed by atoms with Gasteiger partial charge in [0.05, 0.1) is 11.4 Å². The molecule has 1 aromatic heterocycles. The number of hydrogen-bond acceptors (Lipinski definition) is 2. The van der Waals surface area contributed by atoms with Crippen LogP contribution in [0.5, 0.6) is 0 Å². The van der Waals surface area contributed by atoms with Crippen molar-refractivity contribution in [3.8, 4) is 0 Å². The SMILES string of the molecule is CCCc1c(C(=O)N(Cc2ccccc2)c2ccccc2)sc2ccccc12. The molecular weight excluding hydrogens is 362 g/mol. The Hall–Kier alpha value is -2.91. The zero-order chi connectivity index (χ0) is 19.3. The molecule has 0 N–H and O–H groups in total. The van der Waals surface area contributed by atoms with Crippen molar-refractivity contribution in [3.05, 3.63) is 101 Å². The Morgan fingerprint density at radius 2 is 1.50 bits per heavy atom. The summed E-state index contributed by atoms with van der Waals surface area (Å²) in [7, 11) is 0. The minimum atomic E-state index is 0.0831. The van der Waals surface area contributed by atoms with Crippen LogP contribution in [0.4, 0.5) is 5.69 Å². The van der Waals surface area contributed by atoms with Gasteiger partial charge < -0.3 is 4.90 Å².